The summed E-state index contributed by atoms with van der Waals surface area (Å²) in [4.78, 5) is 21.6. The molecule has 1 fully saturated rings. The number of aliphatic hydroxyl groups is 1. The monoisotopic (exact) mass is 428 g/mol. The summed E-state index contributed by atoms with van der Waals surface area (Å²) in [5.74, 6) is 0.947. The van der Waals surface area contributed by atoms with Gasteiger partial charge in [0.15, 0.2) is 0 Å². The van der Waals surface area contributed by atoms with Crippen LogP contribution in [0.3, 0.4) is 0 Å². The number of nitrogens with zero attached hydrogens (tertiary/aromatic N) is 4. The van der Waals surface area contributed by atoms with Gasteiger partial charge in [0.05, 0.1) is 18.5 Å². The lowest BCUT2D eigenvalue weighted by Crippen LogP contribution is -2.15. The van der Waals surface area contributed by atoms with Crippen molar-refractivity contribution >= 4 is 28.3 Å². The van der Waals surface area contributed by atoms with Crippen molar-refractivity contribution in [2.45, 2.75) is 25.9 Å². The molecule has 162 valence electrons. The number of hydrogen-bond donors (Lipinski definition) is 3. The first-order chi connectivity index (χ1) is 15.4. The Balaban J connectivity index is 1.42. The number of pyridine rings is 2. The molecule has 8 nitrogen and oxygen atoms in total. The second-order valence-electron chi connectivity index (χ2n) is 8.38. The van der Waals surface area contributed by atoms with Gasteiger partial charge >= 0.3 is 0 Å². The Hall–Kier alpha value is -3.78. The highest BCUT2D eigenvalue weighted by Crippen LogP contribution is 2.47. The van der Waals surface area contributed by atoms with Gasteiger partial charge in [-0.3, -0.25) is 9.48 Å². The number of carbonyl (C=O) groups is 1. The first-order valence-electron chi connectivity index (χ1n) is 10.5. The van der Waals surface area contributed by atoms with Gasteiger partial charge in [0.1, 0.15) is 11.6 Å². The van der Waals surface area contributed by atoms with E-state index >= 15 is 0 Å². The third-order valence-corrected chi connectivity index (χ3v) is 6.04. The van der Waals surface area contributed by atoms with E-state index in [1.165, 1.54) is 0 Å². The minimum Gasteiger partial charge on any atom is -0.392 e. The highest BCUT2D eigenvalue weighted by Gasteiger charge is 2.44. The van der Waals surface area contributed by atoms with Crippen LogP contribution in [0.1, 0.15) is 29.0 Å². The molecule has 1 aliphatic rings. The summed E-state index contributed by atoms with van der Waals surface area (Å²) in [5.41, 5.74) is 10.8. The van der Waals surface area contributed by atoms with Crippen molar-refractivity contribution in [2.24, 2.45) is 13.0 Å². The van der Waals surface area contributed by atoms with Crippen molar-refractivity contribution in [1.82, 2.24) is 19.7 Å². The normalized spacial score (nSPS) is 17.5. The Labute approximate surface area is 185 Å². The van der Waals surface area contributed by atoms with Crippen LogP contribution in [-0.4, -0.2) is 30.8 Å². The van der Waals surface area contributed by atoms with E-state index in [-0.39, 0.29) is 24.3 Å². The minimum absolute atomic E-state index is 0.0422. The molecule has 4 N–H and O–H groups in total. The number of aromatic nitrogens is 4. The van der Waals surface area contributed by atoms with Gasteiger partial charge in [0, 0.05) is 36.3 Å². The molecule has 32 heavy (non-hydrogen) atoms. The van der Waals surface area contributed by atoms with Crippen molar-refractivity contribution in [2.75, 3.05) is 11.1 Å². The van der Waals surface area contributed by atoms with Crippen LogP contribution < -0.4 is 11.1 Å². The summed E-state index contributed by atoms with van der Waals surface area (Å²) >= 11 is 0. The molecule has 1 amide bonds. The third-order valence-electron chi connectivity index (χ3n) is 6.04. The predicted octanol–water partition coefficient (Wildman–Crippen LogP) is 3.16. The number of nitrogens with one attached hydrogen (secondary N) is 1. The van der Waals surface area contributed by atoms with Gasteiger partial charge in [0.2, 0.25) is 5.91 Å². The van der Waals surface area contributed by atoms with E-state index in [1.54, 1.807) is 10.9 Å². The molecule has 1 aliphatic carbocycles. The maximum absolute atomic E-state index is 12.7. The van der Waals surface area contributed by atoms with Crippen LogP contribution in [0.25, 0.3) is 22.0 Å². The van der Waals surface area contributed by atoms with E-state index in [0.717, 1.165) is 39.4 Å². The molecule has 0 radical (unpaired) electrons. The number of nitrogen functional groups attached to an aromatic ring is 1. The summed E-state index contributed by atoms with van der Waals surface area (Å²) < 4.78 is 1.75. The van der Waals surface area contributed by atoms with Gasteiger partial charge in [0.25, 0.3) is 0 Å². The Morgan fingerprint density at radius 1 is 1.28 bits per heavy atom. The lowest BCUT2D eigenvalue weighted by Gasteiger charge is -2.11. The molecule has 8 heteroatoms. The molecule has 1 saturated carbocycles. The Morgan fingerprint density at radius 2 is 2.12 bits per heavy atom. The van der Waals surface area contributed by atoms with Crippen LogP contribution in [0.4, 0.5) is 11.6 Å². The van der Waals surface area contributed by atoms with Crippen LogP contribution >= 0.6 is 0 Å². The van der Waals surface area contributed by atoms with Crippen molar-refractivity contribution in [1.29, 1.82) is 0 Å². The number of fused-ring (bicyclic) bond motifs is 1. The van der Waals surface area contributed by atoms with E-state index in [0.29, 0.717) is 17.3 Å². The Bertz CT molecular complexity index is 1350. The maximum Gasteiger partial charge on any atom is 0.229 e. The molecule has 4 aromatic rings. The first-order valence-corrected chi connectivity index (χ1v) is 10.5. The fourth-order valence-electron chi connectivity index (χ4n) is 4.13. The highest BCUT2D eigenvalue weighted by atomic mass is 16.3. The molecule has 2 unspecified atom stereocenters. The second kappa shape index (κ2) is 7.72. The molecule has 0 spiro atoms. The van der Waals surface area contributed by atoms with E-state index in [1.807, 2.05) is 56.7 Å². The number of hydrogen-bond acceptors (Lipinski definition) is 6. The molecular weight excluding hydrogens is 404 g/mol. The predicted molar refractivity (Wildman–Crippen MR) is 123 cm³/mol. The molecule has 0 saturated heterocycles. The molecule has 3 aromatic heterocycles. The number of rotatable bonds is 5. The zero-order valence-corrected chi connectivity index (χ0v) is 17.9. The SMILES string of the molecule is Cc1ccc(CO)cc1-c1cc2cc(NC(=O)C3CC3c3cnn(C)c3)ncc2c(N)n1. The summed E-state index contributed by atoms with van der Waals surface area (Å²) in [7, 11) is 1.87. The quantitative estimate of drug-likeness (QED) is 0.449. The van der Waals surface area contributed by atoms with Gasteiger partial charge in [-0.2, -0.15) is 5.10 Å². The van der Waals surface area contributed by atoms with E-state index in [9.17, 15) is 9.90 Å². The summed E-state index contributed by atoms with van der Waals surface area (Å²) in [6, 6.07) is 9.51. The minimum atomic E-state index is -0.0707. The van der Waals surface area contributed by atoms with Gasteiger partial charge in [-0.1, -0.05) is 12.1 Å². The summed E-state index contributed by atoms with van der Waals surface area (Å²) in [5, 5.41) is 18.2. The van der Waals surface area contributed by atoms with Crippen LogP contribution in [0.2, 0.25) is 0 Å². The highest BCUT2D eigenvalue weighted by molar-refractivity contribution is 5.98. The average molecular weight is 428 g/mol. The Morgan fingerprint density at radius 3 is 2.88 bits per heavy atom. The van der Waals surface area contributed by atoms with Gasteiger partial charge in [-0.25, -0.2) is 9.97 Å². The van der Waals surface area contributed by atoms with E-state index < -0.39 is 0 Å². The average Bonchev–Trinajstić information content (AvgIpc) is 3.47. The van der Waals surface area contributed by atoms with Gasteiger partial charge < -0.3 is 16.2 Å². The summed E-state index contributed by atoms with van der Waals surface area (Å²) in [6.07, 6.45) is 6.22. The maximum atomic E-state index is 12.7. The lowest BCUT2D eigenvalue weighted by molar-refractivity contribution is -0.117. The molecule has 0 aliphatic heterocycles. The number of aryl methyl sites for hydroxylation is 2. The van der Waals surface area contributed by atoms with E-state index in [4.69, 9.17) is 5.73 Å². The fourth-order valence-corrected chi connectivity index (χ4v) is 4.13. The molecule has 3 heterocycles. The number of nitrogens with two attached hydrogens (primary N) is 1. The molecular formula is C24H24N6O2. The topological polar surface area (TPSA) is 119 Å². The fraction of sp³-hybridized carbons (Fsp3) is 0.250. The van der Waals surface area contributed by atoms with E-state index in [2.05, 4.69) is 20.4 Å². The van der Waals surface area contributed by atoms with Crippen molar-refractivity contribution < 1.29 is 9.90 Å². The second-order valence-corrected chi connectivity index (χ2v) is 8.38. The van der Waals surface area contributed by atoms with Crippen molar-refractivity contribution in [3.63, 3.8) is 0 Å². The number of anilines is 2. The number of carbonyl (C=O) groups excluding carboxylic acids is 1. The number of amides is 1. The molecule has 1 aromatic carbocycles. The summed E-state index contributed by atoms with van der Waals surface area (Å²) in [6.45, 7) is 1.95. The number of benzene rings is 1. The first kappa shape index (κ1) is 20.1. The van der Waals surface area contributed by atoms with Crippen molar-refractivity contribution in [3.8, 4) is 11.3 Å². The van der Waals surface area contributed by atoms with Gasteiger partial charge in [-0.05, 0) is 59.5 Å². The van der Waals surface area contributed by atoms with Crippen LogP contribution in [-0.2, 0) is 18.4 Å². The Kier molecular flexibility index (Phi) is 4.86. The number of aliphatic hydroxyl groups excluding tert-OH is 1. The molecule has 2 atom stereocenters. The zero-order valence-electron chi connectivity index (χ0n) is 17.9. The molecule has 0 bridgehead atoms. The largest absolute Gasteiger partial charge is 0.392 e. The third kappa shape index (κ3) is 3.69. The van der Waals surface area contributed by atoms with Crippen LogP contribution in [0.15, 0.2) is 48.9 Å². The van der Waals surface area contributed by atoms with Crippen LogP contribution in [0.5, 0.6) is 0 Å². The zero-order chi connectivity index (χ0) is 22.4. The lowest BCUT2D eigenvalue weighted by atomic mass is 10.0. The van der Waals surface area contributed by atoms with Crippen molar-refractivity contribution in [3.05, 3.63) is 65.6 Å². The molecule has 5 rings (SSSR count). The standard InChI is InChI=1S/C24H24N6O2/c1-13-3-4-14(12-31)5-17(13)21-6-15-7-22(26-10-20(15)23(25)28-21)29-24(32)19-8-18(19)16-9-27-30(2)11-16/h3-7,9-11,18-19,31H,8,12H2,1-2H3,(H2,25,28)(H,26,29,32). The van der Waals surface area contributed by atoms with Gasteiger partial charge in [-0.15, -0.1) is 0 Å². The van der Waals surface area contributed by atoms with Crippen LogP contribution in [0, 0.1) is 12.8 Å². The smallest absolute Gasteiger partial charge is 0.229 e.